The van der Waals surface area contributed by atoms with Crippen molar-refractivity contribution in [3.8, 4) is 0 Å². The summed E-state index contributed by atoms with van der Waals surface area (Å²) in [6.07, 6.45) is 27.4. The van der Waals surface area contributed by atoms with Crippen molar-refractivity contribution >= 4 is 34.3 Å². The molecule has 0 fully saturated rings. The highest BCUT2D eigenvalue weighted by Crippen LogP contribution is 2.45. The van der Waals surface area contributed by atoms with Gasteiger partial charge in [0.15, 0.2) is 0 Å². The number of benzene rings is 2. The molecule has 0 radical (unpaired) electrons. The summed E-state index contributed by atoms with van der Waals surface area (Å²) >= 11 is 0. The molecule has 8 rings (SSSR count). The number of hydrogen-bond acceptors (Lipinski definition) is 4. The van der Waals surface area contributed by atoms with E-state index in [0.29, 0.717) is 6.54 Å². The van der Waals surface area contributed by atoms with Gasteiger partial charge in [-0.3, -0.25) is 20.0 Å². The summed E-state index contributed by atoms with van der Waals surface area (Å²) in [5, 5.41) is 2.61. The maximum Gasteiger partial charge on any atom is 0.0954 e. The zero-order valence-corrected chi connectivity index (χ0v) is 24.7. The second-order valence-electron chi connectivity index (χ2n) is 11.9. The number of aromatic nitrogens is 2. The molecule has 214 valence electrons. The normalized spacial score (nSPS) is 20.9. The molecule has 2 aliphatic heterocycles. The Morgan fingerprint density at radius 3 is 2.34 bits per heavy atom. The van der Waals surface area contributed by atoms with E-state index in [-0.39, 0.29) is 12.0 Å². The zero-order valence-electron chi connectivity index (χ0n) is 24.7. The summed E-state index contributed by atoms with van der Waals surface area (Å²) in [6, 6.07) is 21.1. The monoisotopic (exact) mass is 570 g/mol. The van der Waals surface area contributed by atoms with Gasteiger partial charge in [0.2, 0.25) is 0 Å². The largest absolute Gasteiger partial charge is 0.283 e. The van der Waals surface area contributed by atoms with Crippen LogP contribution in [0.5, 0.6) is 0 Å². The van der Waals surface area contributed by atoms with Gasteiger partial charge >= 0.3 is 0 Å². The molecule has 0 saturated heterocycles. The van der Waals surface area contributed by atoms with Crippen LogP contribution in [0, 0.1) is 0 Å². The highest BCUT2D eigenvalue weighted by molar-refractivity contribution is 6.17. The van der Waals surface area contributed by atoms with Crippen molar-refractivity contribution in [2.75, 3.05) is 6.54 Å². The SMILES string of the molecule is C1=CC(C2=Cc3c(c(C4=CCC(c5ccccn5)N=C4)c4ccccc4c3C3C=CC(c4ccccn4)=NC3)CC2)=CCC1. The molecular formula is C40H34N4. The third kappa shape index (κ3) is 4.90. The van der Waals surface area contributed by atoms with E-state index >= 15 is 0 Å². The van der Waals surface area contributed by atoms with E-state index in [1.54, 1.807) is 0 Å². The molecule has 2 aliphatic carbocycles. The first-order chi connectivity index (χ1) is 21.8. The number of dihydropyridines is 2. The Kier molecular flexibility index (Phi) is 7.03. The number of fused-ring (bicyclic) bond motifs is 2. The van der Waals surface area contributed by atoms with Gasteiger partial charge in [0.05, 0.1) is 29.7 Å². The first-order valence-electron chi connectivity index (χ1n) is 15.8. The van der Waals surface area contributed by atoms with Gasteiger partial charge in [-0.15, -0.1) is 0 Å². The molecule has 2 unspecified atom stereocenters. The first-order valence-corrected chi connectivity index (χ1v) is 15.8. The molecule has 0 amide bonds. The van der Waals surface area contributed by atoms with Gasteiger partial charge in [-0.1, -0.05) is 72.9 Å². The van der Waals surface area contributed by atoms with Gasteiger partial charge in [0.1, 0.15) is 0 Å². The summed E-state index contributed by atoms with van der Waals surface area (Å²) in [7, 11) is 0. The molecule has 0 N–H and O–H groups in total. The number of nitrogens with zero attached hydrogens (tertiary/aromatic N) is 4. The fourth-order valence-electron chi connectivity index (χ4n) is 7.12. The van der Waals surface area contributed by atoms with E-state index < -0.39 is 0 Å². The van der Waals surface area contributed by atoms with Crippen LogP contribution >= 0.6 is 0 Å². The molecule has 0 spiro atoms. The molecule has 4 nitrogen and oxygen atoms in total. The Morgan fingerprint density at radius 1 is 0.750 bits per heavy atom. The maximum absolute atomic E-state index is 5.06. The van der Waals surface area contributed by atoms with Crippen molar-refractivity contribution in [2.45, 2.75) is 44.1 Å². The van der Waals surface area contributed by atoms with Crippen molar-refractivity contribution in [1.29, 1.82) is 0 Å². The molecule has 0 bridgehead atoms. The molecule has 44 heavy (non-hydrogen) atoms. The van der Waals surface area contributed by atoms with E-state index in [1.807, 2.05) is 42.7 Å². The van der Waals surface area contributed by atoms with Crippen molar-refractivity contribution in [1.82, 2.24) is 9.97 Å². The Labute approximate surface area is 258 Å². The Morgan fingerprint density at radius 2 is 1.61 bits per heavy atom. The standard InChI is InChI=1S/C40H34N4/c1-2-10-27(11-3-1)28-16-19-33-34(24-28)40(30-18-21-38(44-26-30)36-15-7-9-23-42-36)32-13-5-4-12-31(32)39(33)29-17-20-37(43-25-29)35-14-6-8-22-41-35/h2,4-15,17-18,21-25,30,37H,1,3,16,19-20,26H2. The van der Waals surface area contributed by atoms with Crippen LogP contribution in [-0.4, -0.2) is 28.4 Å². The lowest BCUT2D eigenvalue weighted by molar-refractivity contribution is 0.715. The molecule has 4 aromatic rings. The van der Waals surface area contributed by atoms with Crippen LogP contribution in [0.2, 0.25) is 0 Å². The summed E-state index contributed by atoms with van der Waals surface area (Å²) in [6.45, 7) is 0.708. The number of allylic oxidation sites excluding steroid dienone is 7. The van der Waals surface area contributed by atoms with Crippen molar-refractivity contribution in [3.05, 3.63) is 154 Å². The molecule has 2 aromatic heterocycles. The van der Waals surface area contributed by atoms with E-state index in [0.717, 1.165) is 49.2 Å². The van der Waals surface area contributed by atoms with Crippen LogP contribution in [0.4, 0.5) is 0 Å². The average Bonchev–Trinajstić information content (AvgIpc) is 3.12. The third-order valence-electron chi connectivity index (χ3n) is 9.25. The molecule has 0 saturated carbocycles. The average molecular weight is 571 g/mol. The summed E-state index contributed by atoms with van der Waals surface area (Å²) in [5.41, 5.74) is 12.5. The van der Waals surface area contributed by atoms with Crippen LogP contribution < -0.4 is 0 Å². The molecule has 4 aliphatic rings. The van der Waals surface area contributed by atoms with Gasteiger partial charge in [0.25, 0.3) is 0 Å². The third-order valence-corrected chi connectivity index (χ3v) is 9.25. The fourth-order valence-corrected chi connectivity index (χ4v) is 7.12. The Bertz CT molecular complexity index is 1960. The number of rotatable bonds is 5. The van der Waals surface area contributed by atoms with Crippen LogP contribution in [0.25, 0.3) is 22.4 Å². The second kappa shape index (κ2) is 11.6. The fraction of sp³-hybridized carbons (Fsp3) is 0.200. The first kappa shape index (κ1) is 26.7. The van der Waals surface area contributed by atoms with Crippen molar-refractivity contribution in [3.63, 3.8) is 0 Å². The smallest absolute Gasteiger partial charge is 0.0954 e. The minimum absolute atomic E-state index is 0.0661. The second-order valence-corrected chi connectivity index (χ2v) is 11.9. The molecule has 2 aromatic carbocycles. The summed E-state index contributed by atoms with van der Waals surface area (Å²) < 4.78 is 0. The molecule has 4 heterocycles. The topological polar surface area (TPSA) is 50.5 Å². The van der Waals surface area contributed by atoms with Crippen LogP contribution in [-0.2, 0) is 6.42 Å². The summed E-state index contributed by atoms with van der Waals surface area (Å²) in [4.78, 5) is 19.2. The molecular weight excluding hydrogens is 536 g/mol. The van der Waals surface area contributed by atoms with E-state index in [1.165, 1.54) is 49.7 Å². The predicted molar refractivity (Wildman–Crippen MR) is 182 cm³/mol. The van der Waals surface area contributed by atoms with Crippen LogP contribution in [0.3, 0.4) is 0 Å². The number of pyridine rings is 2. The number of hydrogen-bond donors (Lipinski definition) is 0. The van der Waals surface area contributed by atoms with Crippen molar-refractivity contribution in [2.24, 2.45) is 9.98 Å². The lowest BCUT2D eigenvalue weighted by Gasteiger charge is -2.30. The highest BCUT2D eigenvalue weighted by Gasteiger charge is 2.28. The Balaban J connectivity index is 1.27. The minimum atomic E-state index is 0.0661. The quantitative estimate of drug-likeness (QED) is 0.240. The lowest BCUT2D eigenvalue weighted by Crippen LogP contribution is -2.16. The highest BCUT2D eigenvalue weighted by atomic mass is 14.8. The van der Waals surface area contributed by atoms with Gasteiger partial charge in [-0.05, 0) is 112 Å². The van der Waals surface area contributed by atoms with Gasteiger partial charge < -0.3 is 0 Å². The van der Waals surface area contributed by atoms with Crippen LogP contribution in [0.1, 0.15) is 71.3 Å². The van der Waals surface area contributed by atoms with E-state index in [2.05, 4.69) is 89.0 Å². The van der Waals surface area contributed by atoms with Gasteiger partial charge in [-0.2, -0.15) is 0 Å². The van der Waals surface area contributed by atoms with Gasteiger partial charge in [-0.25, -0.2) is 0 Å². The molecule has 4 heteroatoms. The van der Waals surface area contributed by atoms with Crippen molar-refractivity contribution < 1.29 is 0 Å². The van der Waals surface area contributed by atoms with Gasteiger partial charge in [0, 0.05) is 24.5 Å². The maximum atomic E-state index is 5.06. The predicted octanol–water partition coefficient (Wildman–Crippen LogP) is 8.98. The Hall–Kier alpha value is -4.96. The lowest BCUT2D eigenvalue weighted by atomic mass is 9.75. The van der Waals surface area contributed by atoms with E-state index in [4.69, 9.17) is 9.98 Å². The summed E-state index contributed by atoms with van der Waals surface area (Å²) in [5.74, 6) is 0.184. The zero-order chi connectivity index (χ0) is 29.3. The number of aliphatic imine (C=N–C) groups is 2. The molecule has 2 atom stereocenters. The van der Waals surface area contributed by atoms with Crippen LogP contribution in [0.15, 0.2) is 131 Å². The minimum Gasteiger partial charge on any atom is -0.283 e. The van der Waals surface area contributed by atoms with E-state index in [9.17, 15) is 0 Å².